The predicted octanol–water partition coefficient (Wildman–Crippen LogP) is 4.03. The van der Waals surface area contributed by atoms with Crippen molar-refractivity contribution in [3.05, 3.63) is 84.2 Å². The molecule has 0 radical (unpaired) electrons. The lowest BCUT2D eigenvalue weighted by atomic mass is 10.0. The fourth-order valence-corrected chi connectivity index (χ4v) is 3.89. The number of nitrogens with one attached hydrogen (secondary N) is 1. The molecule has 7 heteroatoms. The number of pyridine rings is 3. The van der Waals surface area contributed by atoms with Crippen molar-refractivity contribution in [3.63, 3.8) is 0 Å². The van der Waals surface area contributed by atoms with Crippen LogP contribution in [-0.2, 0) is 0 Å². The number of aliphatic hydroxyl groups is 1. The van der Waals surface area contributed by atoms with Crippen LogP contribution in [-0.4, -0.2) is 43.7 Å². The first-order valence-corrected chi connectivity index (χ1v) is 10.9. The van der Waals surface area contributed by atoms with Crippen molar-refractivity contribution in [2.24, 2.45) is 0 Å². The van der Waals surface area contributed by atoms with Crippen molar-refractivity contribution in [2.75, 3.05) is 13.2 Å². The number of aromatic nitrogens is 4. The summed E-state index contributed by atoms with van der Waals surface area (Å²) in [5.74, 6) is -0.182. The van der Waals surface area contributed by atoms with Crippen molar-refractivity contribution in [1.82, 2.24) is 24.9 Å². The maximum Gasteiger partial charge on any atom is 0.251 e. The number of aliphatic hydroxyl groups excluding tert-OH is 1. The first-order chi connectivity index (χ1) is 16.1. The normalized spacial score (nSPS) is 11.2. The molecule has 5 rings (SSSR count). The van der Waals surface area contributed by atoms with Crippen LogP contribution in [0.5, 0.6) is 0 Å². The van der Waals surface area contributed by atoms with Gasteiger partial charge < -0.3 is 10.4 Å². The van der Waals surface area contributed by atoms with Crippen LogP contribution in [0.25, 0.3) is 39.1 Å². The van der Waals surface area contributed by atoms with Crippen LogP contribution in [0.3, 0.4) is 0 Å². The maximum atomic E-state index is 12.5. The predicted molar refractivity (Wildman–Crippen MR) is 128 cm³/mol. The lowest BCUT2D eigenvalue weighted by molar-refractivity contribution is 0.0951. The summed E-state index contributed by atoms with van der Waals surface area (Å²) in [6, 6.07) is 21.3. The molecule has 1 aromatic carbocycles. The van der Waals surface area contributed by atoms with Gasteiger partial charge >= 0.3 is 0 Å². The van der Waals surface area contributed by atoms with E-state index in [9.17, 15) is 4.79 Å². The number of nitrogens with zero attached hydrogens (tertiary/aromatic N) is 4. The lowest BCUT2D eigenvalue weighted by Crippen LogP contribution is -2.24. The molecular formula is C26H23N5O2. The molecular weight excluding hydrogens is 414 g/mol. The SMILES string of the molecule is Cc1cccc(-c2nn3ccccc3c2-c2ccc3ccc(C(=O)NCCCO)cc3n2)n1. The van der Waals surface area contributed by atoms with Crippen LogP contribution in [0, 0.1) is 6.92 Å². The summed E-state index contributed by atoms with van der Waals surface area (Å²) in [5.41, 5.74) is 6.31. The Bertz CT molecular complexity index is 1470. The average Bonchev–Trinajstić information content (AvgIpc) is 3.23. The van der Waals surface area contributed by atoms with Crippen molar-refractivity contribution in [1.29, 1.82) is 0 Å². The lowest BCUT2D eigenvalue weighted by Gasteiger charge is -2.08. The fourth-order valence-electron chi connectivity index (χ4n) is 3.89. The van der Waals surface area contributed by atoms with Crippen LogP contribution >= 0.6 is 0 Å². The van der Waals surface area contributed by atoms with E-state index in [0.29, 0.717) is 18.5 Å². The summed E-state index contributed by atoms with van der Waals surface area (Å²) in [6.45, 7) is 2.43. The van der Waals surface area contributed by atoms with Crippen molar-refractivity contribution < 1.29 is 9.90 Å². The molecule has 0 aliphatic heterocycles. The van der Waals surface area contributed by atoms with Gasteiger partial charge in [0.2, 0.25) is 0 Å². The average molecular weight is 438 g/mol. The standard InChI is InChI=1S/C26H23N5O2/c1-17-6-4-7-21(28-17)25-24(23-8-2-3-14-31(23)30-25)20-12-11-18-9-10-19(16-22(18)29-20)26(33)27-13-5-15-32/h2-4,6-12,14,16,32H,5,13,15H2,1H3,(H,27,33). The smallest absolute Gasteiger partial charge is 0.251 e. The molecule has 0 unspecified atom stereocenters. The summed E-state index contributed by atoms with van der Waals surface area (Å²) in [6.07, 6.45) is 2.43. The van der Waals surface area contributed by atoms with Gasteiger partial charge in [-0.3, -0.25) is 9.78 Å². The van der Waals surface area contributed by atoms with E-state index in [2.05, 4.69) is 10.3 Å². The Labute approximate surface area is 190 Å². The molecule has 0 bridgehead atoms. The second-order valence-electron chi connectivity index (χ2n) is 7.86. The highest BCUT2D eigenvalue weighted by atomic mass is 16.3. The Morgan fingerprint density at radius 1 is 1.00 bits per heavy atom. The van der Waals surface area contributed by atoms with Crippen molar-refractivity contribution in [2.45, 2.75) is 13.3 Å². The molecule has 7 nitrogen and oxygen atoms in total. The molecule has 0 atom stereocenters. The third-order valence-corrected chi connectivity index (χ3v) is 5.50. The minimum Gasteiger partial charge on any atom is -0.396 e. The molecule has 0 aliphatic carbocycles. The summed E-state index contributed by atoms with van der Waals surface area (Å²) < 4.78 is 1.84. The molecule has 33 heavy (non-hydrogen) atoms. The van der Waals surface area contributed by atoms with Gasteiger partial charge in [-0.1, -0.05) is 24.3 Å². The molecule has 1 amide bonds. The zero-order chi connectivity index (χ0) is 22.8. The van der Waals surface area contributed by atoms with Gasteiger partial charge in [0.25, 0.3) is 5.91 Å². The highest BCUT2D eigenvalue weighted by molar-refractivity contribution is 5.99. The monoisotopic (exact) mass is 437 g/mol. The Hall–Kier alpha value is -4.10. The molecule has 4 heterocycles. The van der Waals surface area contributed by atoms with Crippen LogP contribution in [0.2, 0.25) is 0 Å². The van der Waals surface area contributed by atoms with Gasteiger partial charge in [0, 0.05) is 36.0 Å². The Kier molecular flexibility index (Phi) is 5.54. The maximum absolute atomic E-state index is 12.5. The first-order valence-electron chi connectivity index (χ1n) is 10.9. The zero-order valence-electron chi connectivity index (χ0n) is 18.2. The Morgan fingerprint density at radius 2 is 1.88 bits per heavy atom. The third kappa shape index (κ3) is 4.06. The molecule has 2 N–H and O–H groups in total. The number of benzene rings is 1. The molecule has 0 aliphatic rings. The van der Waals surface area contributed by atoms with Gasteiger partial charge in [-0.15, -0.1) is 0 Å². The quantitative estimate of drug-likeness (QED) is 0.391. The van der Waals surface area contributed by atoms with E-state index in [4.69, 9.17) is 15.2 Å². The van der Waals surface area contributed by atoms with Crippen LogP contribution < -0.4 is 5.32 Å². The summed E-state index contributed by atoms with van der Waals surface area (Å²) in [4.78, 5) is 22.1. The highest BCUT2D eigenvalue weighted by Gasteiger charge is 2.19. The second-order valence-corrected chi connectivity index (χ2v) is 7.86. The third-order valence-electron chi connectivity index (χ3n) is 5.50. The number of hydrogen-bond donors (Lipinski definition) is 2. The minimum absolute atomic E-state index is 0.0424. The minimum atomic E-state index is -0.182. The fraction of sp³-hybridized carbons (Fsp3) is 0.154. The van der Waals surface area contributed by atoms with Crippen LogP contribution in [0.4, 0.5) is 0 Å². The van der Waals surface area contributed by atoms with Gasteiger partial charge in [-0.25, -0.2) is 9.50 Å². The van der Waals surface area contributed by atoms with E-state index in [1.165, 1.54) is 0 Å². The van der Waals surface area contributed by atoms with Crippen molar-refractivity contribution in [3.8, 4) is 22.6 Å². The van der Waals surface area contributed by atoms with Crippen LogP contribution in [0.15, 0.2) is 72.9 Å². The number of carbonyl (C=O) groups excluding carboxylic acids is 1. The number of hydrogen-bond acceptors (Lipinski definition) is 5. The molecule has 0 fully saturated rings. The molecule has 164 valence electrons. The molecule has 0 spiro atoms. The van der Waals surface area contributed by atoms with Gasteiger partial charge in [0.1, 0.15) is 5.69 Å². The largest absolute Gasteiger partial charge is 0.396 e. The molecule has 4 aromatic heterocycles. The van der Waals surface area contributed by atoms with Gasteiger partial charge in [0.05, 0.1) is 28.0 Å². The second kappa shape index (κ2) is 8.80. The van der Waals surface area contributed by atoms with E-state index in [0.717, 1.165) is 44.8 Å². The van der Waals surface area contributed by atoms with Gasteiger partial charge in [0.15, 0.2) is 0 Å². The Morgan fingerprint density at radius 3 is 2.73 bits per heavy atom. The van der Waals surface area contributed by atoms with Gasteiger partial charge in [-0.2, -0.15) is 5.10 Å². The van der Waals surface area contributed by atoms with Gasteiger partial charge in [-0.05, 0) is 55.8 Å². The summed E-state index contributed by atoms with van der Waals surface area (Å²) >= 11 is 0. The number of carbonyl (C=O) groups is 1. The highest BCUT2D eigenvalue weighted by Crippen LogP contribution is 2.34. The summed E-state index contributed by atoms with van der Waals surface area (Å²) in [7, 11) is 0. The Balaban J connectivity index is 1.63. The number of aryl methyl sites for hydroxylation is 1. The van der Waals surface area contributed by atoms with E-state index in [1.807, 2.05) is 72.2 Å². The number of amides is 1. The number of fused-ring (bicyclic) bond motifs is 2. The van der Waals surface area contributed by atoms with E-state index < -0.39 is 0 Å². The van der Waals surface area contributed by atoms with E-state index in [1.54, 1.807) is 12.1 Å². The van der Waals surface area contributed by atoms with E-state index in [-0.39, 0.29) is 12.5 Å². The van der Waals surface area contributed by atoms with Crippen LogP contribution in [0.1, 0.15) is 22.5 Å². The molecule has 0 saturated heterocycles. The van der Waals surface area contributed by atoms with Crippen molar-refractivity contribution >= 4 is 22.3 Å². The molecule has 0 saturated carbocycles. The molecule has 5 aromatic rings. The first kappa shape index (κ1) is 20.8. The van der Waals surface area contributed by atoms with E-state index >= 15 is 0 Å². The topological polar surface area (TPSA) is 92.4 Å². The summed E-state index contributed by atoms with van der Waals surface area (Å²) in [5, 5.41) is 17.5. The number of rotatable bonds is 6. The zero-order valence-corrected chi connectivity index (χ0v) is 18.2.